The van der Waals surface area contributed by atoms with Gasteiger partial charge in [0.2, 0.25) is 11.7 Å². The molecule has 0 radical (unpaired) electrons. The Morgan fingerprint density at radius 3 is 3.05 bits per heavy atom. The van der Waals surface area contributed by atoms with Gasteiger partial charge in [-0.2, -0.15) is 4.98 Å². The third kappa shape index (κ3) is 3.84. The first-order chi connectivity index (χ1) is 9.74. The van der Waals surface area contributed by atoms with Gasteiger partial charge in [-0.25, -0.2) is 0 Å². The number of likely N-dealkylation sites (N-methyl/N-ethyl adjacent to an activating group) is 1. The second-order valence-electron chi connectivity index (χ2n) is 4.26. The van der Waals surface area contributed by atoms with Gasteiger partial charge in [0.1, 0.15) is 5.69 Å². The van der Waals surface area contributed by atoms with E-state index >= 15 is 0 Å². The van der Waals surface area contributed by atoms with Crippen molar-refractivity contribution in [3.8, 4) is 11.5 Å². The Balaban J connectivity index is 2.10. The van der Waals surface area contributed by atoms with Crippen molar-refractivity contribution in [1.82, 2.24) is 20.4 Å². The molecule has 0 aliphatic carbocycles. The molecule has 0 aliphatic heterocycles. The van der Waals surface area contributed by atoms with Crippen LogP contribution in [0.15, 0.2) is 27.3 Å². The zero-order chi connectivity index (χ0) is 14.4. The van der Waals surface area contributed by atoms with Gasteiger partial charge in [-0.05, 0) is 34.6 Å². The van der Waals surface area contributed by atoms with E-state index in [1.54, 1.807) is 13.3 Å². The normalized spacial score (nSPS) is 12.6. The molecule has 0 aromatic carbocycles. The van der Waals surface area contributed by atoms with Crippen LogP contribution in [0.5, 0.6) is 0 Å². The molecule has 6 nitrogen and oxygen atoms in total. The first kappa shape index (κ1) is 15.1. The molecule has 0 aliphatic rings. The van der Waals surface area contributed by atoms with E-state index in [9.17, 15) is 0 Å². The quantitative estimate of drug-likeness (QED) is 0.831. The molecule has 20 heavy (non-hydrogen) atoms. The van der Waals surface area contributed by atoms with E-state index in [4.69, 9.17) is 9.26 Å². The van der Waals surface area contributed by atoms with Gasteiger partial charge in [0.25, 0.3) is 0 Å². The Hall–Kier alpha value is -1.31. The highest BCUT2D eigenvalue weighted by molar-refractivity contribution is 9.10. The summed E-state index contributed by atoms with van der Waals surface area (Å²) >= 11 is 3.43. The van der Waals surface area contributed by atoms with Gasteiger partial charge in [0.15, 0.2) is 0 Å². The van der Waals surface area contributed by atoms with Gasteiger partial charge in [0, 0.05) is 30.2 Å². The van der Waals surface area contributed by atoms with Crippen LogP contribution in [0.1, 0.15) is 12.8 Å². The molecular formula is C13H17BrN4O2. The summed E-state index contributed by atoms with van der Waals surface area (Å²) in [7, 11) is 1.68. The lowest BCUT2D eigenvalue weighted by Crippen LogP contribution is -2.35. The first-order valence-corrected chi connectivity index (χ1v) is 7.19. The minimum Gasteiger partial charge on any atom is -0.383 e. The second kappa shape index (κ2) is 7.47. The molecule has 108 valence electrons. The third-order valence-electron chi connectivity index (χ3n) is 2.72. The molecule has 0 spiro atoms. The van der Waals surface area contributed by atoms with Crippen molar-refractivity contribution in [2.75, 3.05) is 20.3 Å². The fraction of sp³-hybridized carbons (Fsp3) is 0.462. The fourth-order valence-corrected chi connectivity index (χ4v) is 2.31. The van der Waals surface area contributed by atoms with Gasteiger partial charge in [-0.1, -0.05) is 12.1 Å². The predicted molar refractivity (Wildman–Crippen MR) is 78.3 cm³/mol. The standard InChI is InChI=1S/C13H17BrN4O2/c1-3-15-9(8-19-2)7-11-17-13(18-20-11)12-10(14)5-4-6-16-12/h4-6,9,15H,3,7-8H2,1-2H3. The molecule has 1 atom stereocenters. The van der Waals surface area contributed by atoms with Crippen molar-refractivity contribution in [3.05, 3.63) is 28.7 Å². The Morgan fingerprint density at radius 1 is 1.50 bits per heavy atom. The van der Waals surface area contributed by atoms with Crippen molar-refractivity contribution in [1.29, 1.82) is 0 Å². The molecule has 2 rings (SSSR count). The molecular weight excluding hydrogens is 324 g/mol. The van der Waals surface area contributed by atoms with E-state index < -0.39 is 0 Å². The lowest BCUT2D eigenvalue weighted by atomic mass is 10.2. The highest BCUT2D eigenvalue weighted by Crippen LogP contribution is 2.23. The lowest BCUT2D eigenvalue weighted by Gasteiger charge is -2.14. The molecule has 7 heteroatoms. The van der Waals surface area contributed by atoms with Crippen LogP contribution in [-0.2, 0) is 11.2 Å². The van der Waals surface area contributed by atoms with E-state index in [0.29, 0.717) is 30.4 Å². The summed E-state index contributed by atoms with van der Waals surface area (Å²) in [6.07, 6.45) is 2.32. The molecule has 0 amide bonds. The van der Waals surface area contributed by atoms with Crippen LogP contribution in [-0.4, -0.2) is 41.4 Å². The molecule has 1 N–H and O–H groups in total. The van der Waals surface area contributed by atoms with E-state index in [1.807, 2.05) is 19.1 Å². The summed E-state index contributed by atoms with van der Waals surface area (Å²) < 4.78 is 11.3. The maximum Gasteiger partial charge on any atom is 0.228 e. The summed E-state index contributed by atoms with van der Waals surface area (Å²) in [5.74, 6) is 1.06. The van der Waals surface area contributed by atoms with Crippen LogP contribution in [0.2, 0.25) is 0 Å². The molecule has 2 aromatic heterocycles. The minimum absolute atomic E-state index is 0.158. The number of methoxy groups -OCH3 is 1. The average Bonchev–Trinajstić information content (AvgIpc) is 2.88. The number of hydrogen-bond donors (Lipinski definition) is 1. The van der Waals surface area contributed by atoms with Crippen molar-refractivity contribution in [2.45, 2.75) is 19.4 Å². The Labute approximate surface area is 126 Å². The van der Waals surface area contributed by atoms with Gasteiger partial charge in [0.05, 0.1) is 6.61 Å². The second-order valence-corrected chi connectivity index (χ2v) is 5.11. The van der Waals surface area contributed by atoms with Crippen molar-refractivity contribution >= 4 is 15.9 Å². The maximum absolute atomic E-state index is 5.28. The molecule has 0 bridgehead atoms. The zero-order valence-corrected chi connectivity index (χ0v) is 13.1. The monoisotopic (exact) mass is 340 g/mol. The highest BCUT2D eigenvalue weighted by Gasteiger charge is 2.16. The van der Waals surface area contributed by atoms with Crippen LogP contribution < -0.4 is 5.32 Å². The predicted octanol–water partition coefficient (Wildman–Crippen LogP) is 2.06. The van der Waals surface area contributed by atoms with Crippen LogP contribution in [0.25, 0.3) is 11.5 Å². The van der Waals surface area contributed by atoms with E-state index in [-0.39, 0.29) is 6.04 Å². The van der Waals surface area contributed by atoms with Gasteiger partial charge in [-0.15, -0.1) is 0 Å². The Morgan fingerprint density at radius 2 is 2.35 bits per heavy atom. The maximum atomic E-state index is 5.28. The minimum atomic E-state index is 0.158. The third-order valence-corrected chi connectivity index (χ3v) is 3.36. The van der Waals surface area contributed by atoms with E-state index in [1.165, 1.54) is 0 Å². The van der Waals surface area contributed by atoms with Crippen molar-refractivity contribution in [2.24, 2.45) is 0 Å². The number of ether oxygens (including phenoxy) is 1. The smallest absolute Gasteiger partial charge is 0.228 e. The topological polar surface area (TPSA) is 73.1 Å². The number of pyridine rings is 1. The molecule has 2 aromatic rings. The summed E-state index contributed by atoms with van der Waals surface area (Å²) in [5, 5.41) is 7.29. The van der Waals surface area contributed by atoms with Crippen molar-refractivity contribution < 1.29 is 9.26 Å². The fourth-order valence-electron chi connectivity index (χ4n) is 1.87. The molecule has 1 unspecified atom stereocenters. The summed E-state index contributed by atoms with van der Waals surface area (Å²) in [5.41, 5.74) is 0.675. The lowest BCUT2D eigenvalue weighted by molar-refractivity contribution is 0.162. The summed E-state index contributed by atoms with van der Waals surface area (Å²) in [6.45, 7) is 3.51. The first-order valence-electron chi connectivity index (χ1n) is 6.40. The number of aromatic nitrogens is 3. The number of hydrogen-bond acceptors (Lipinski definition) is 6. The van der Waals surface area contributed by atoms with Crippen LogP contribution >= 0.6 is 15.9 Å². The highest BCUT2D eigenvalue weighted by atomic mass is 79.9. The van der Waals surface area contributed by atoms with Crippen LogP contribution in [0.4, 0.5) is 0 Å². The molecule has 0 saturated heterocycles. The van der Waals surface area contributed by atoms with E-state index in [0.717, 1.165) is 11.0 Å². The van der Waals surface area contributed by atoms with Crippen LogP contribution in [0.3, 0.4) is 0 Å². The molecule has 0 fully saturated rings. The number of nitrogens with zero attached hydrogens (tertiary/aromatic N) is 3. The SMILES string of the molecule is CCNC(COC)Cc1nc(-c2ncccc2Br)no1. The molecule has 2 heterocycles. The number of rotatable bonds is 7. The van der Waals surface area contributed by atoms with Crippen molar-refractivity contribution in [3.63, 3.8) is 0 Å². The van der Waals surface area contributed by atoms with Crippen LogP contribution in [0, 0.1) is 0 Å². The zero-order valence-electron chi connectivity index (χ0n) is 11.5. The summed E-state index contributed by atoms with van der Waals surface area (Å²) in [6, 6.07) is 3.89. The summed E-state index contributed by atoms with van der Waals surface area (Å²) in [4.78, 5) is 8.62. The number of nitrogens with one attached hydrogen (secondary N) is 1. The average molecular weight is 341 g/mol. The Bertz CT molecular complexity index is 541. The largest absolute Gasteiger partial charge is 0.383 e. The van der Waals surface area contributed by atoms with E-state index in [2.05, 4.69) is 36.4 Å². The Kier molecular flexibility index (Phi) is 5.63. The van der Waals surface area contributed by atoms with Gasteiger partial charge < -0.3 is 14.6 Å². The van der Waals surface area contributed by atoms with Gasteiger partial charge in [-0.3, -0.25) is 4.98 Å². The number of halogens is 1. The van der Waals surface area contributed by atoms with Gasteiger partial charge >= 0.3 is 0 Å². The molecule has 0 saturated carbocycles.